The third-order valence-electron chi connectivity index (χ3n) is 15.5. The molecule has 2 aliphatic heterocycles. The molecule has 5 aromatic carbocycles. The molecule has 3 unspecified atom stereocenters. The topological polar surface area (TPSA) is 224 Å². The van der Waals surface area contributed by atoms with Gasteiger partial charge in [0.2, 0.25) is 0 Å². The van der Waals surface area contributed by atoms with Gasteiger partial charge in [-0.25, -0.2) is 0 Å². The van der Waals surface area contributed by atoms with Crippen LogP contribution in [0.25, 0.3) is 0 Å². The lowest BCUT2D eigenvalue weighted by molar-refractivity contribution is -0.340. The van der Waals surface area contributed by atoms with Gasteiger partial charge < -0.3 is 76.5 Å². The fraction of sp³-hybridized carbons (Fsp3) is 0.582. The van der Waals surface area contributed by atoms with Crippen LogP contribution in [0.1, 0.15) is 161 Å². The number of aliphatic hydroxyl groups is 2. The predicted molar refractivity (Wildman–Crippen MR) is 406 cm³/mol. The van der Waals surface area contributed by atoms with Gasteiger partial charge in [-0.15, -0.1) is 0 Å². The largest absolute Gasteiger partial charge is 0.461 e. The van der Waals surface area contributed by atoms with Crippen molar-refractivity contribution in [3.8, 4) is 0 Å². The number of hydrogen-bond acceptors (Lipinski definition) is 19. The second-order valence-corrected chi connectivity index (χ2v) is 27.1. The van der Waals surface area contributed by atoms with E-state index in [1.807, 2.05) is 141 Å². The molecule has 2 aliphatic rings. The molecule has 570 valence electrons. The van der Waals surface area contributed by atoms with E-state index in [2.05, 4.69) is 92.8 Å². The Balaban J connectivity index is 0.000000608. The van der Waals surface area contributed by atoms with E-state index < -0.39 is 24.2 Å². The molecule has 5 aromatic rings. The zero-order valence-electron chi connectivity index (χ0n) is 62.3. The highest BCUT2D eigenvalue weighted by Crippen LogP contribution is 2.33. The van der Waals surface area contributed by atoms with Crippen molar-refractivity contribution in [1.82, 2.24) is 0 Å². The Morgan fingerprint density at radius 2 is 0.792 bits per heavy atom. The number of carbonyl (C=O) groups excluding carboxylic acids is 3. The lowest BCUT2D eigenvalue weighted by Gasteiger charge is -2.23. The van der Waals surface area contributed by atoms with Gasteiger partial charge in [0, 0.05) is 95.9 Å². The Labute approximate surface area is 629 Å². The summed E-state index contributed by atoms with van der Waals surface area (Å²) < 4.78 is 75.1. The van der Waals surface area contributed by atoms with Crippen molar-refractivity contribution in [3.05, 3.63) is 179 Å². The number of epoxide rings is 1. The van der Waals surface area contributed by atoms with Crippen molar-refractivity contribution in [2.24, 2.45) is 0 Å². The highest BCUT2D eigenvalue weighted by atomic mass is 79.9. The lowest BCUT2D eigenvalue weighted by Crippen LogP contribution is -2.31. The zero-order valence-corrected chi connectivity index (χ0v) is 67.1. The van der Waals surface area contributed by atoms with Crippen LogP contribution in [0.15, 0.2) is 152 Å². The monoisotopic (exact) mass is 1610 g/mol. The summed E-state index contributed by atoms with van der Waals surface area (Å²) in [7, 11) is 6.16. The van der Waals surface area contributed by atoms with Gasteiger partial charge in [-0.3, -0.25) is 14.4 Å². The van der Waals surface area contributed by atoms with Gasteiger partial charge in [0.15, 0.2) is 4.69 Å². The SMILES string of the molecule is CC(=O)Br.CC[C@@H](O)C(O)CCOCc1ccccc1.CC[C@@H](OC(C)=O)[C@H](Br)CCOCc1ccccc1.CC[C@H](Br)C(CCOCc1ccccc1)OC(C)=O.CC[C@H]1OC(C)(OC)O[C@H]1CCOCc1ccccc1.CC[C@H]1O[C@H]1CCOCc1ccccc1.COC(C)(OC)OC. The van der Waals surface area contributed by atoms with Gasteiger partial charge >= 0.3 is 11.9 Å². The lowest BCUT2D eigenvalue weighted by atomic mass is 10.1. The van der Waals surface area contributed by atoms with Gasteiger partial charge in [-0.1, -0.05) is 218 Å². The number of rotatable bonds is 39. The molecule has 22 heteroatoms. The maximum atomic E-state index is 11.0. The molecule has 0 radical (unpaired) electrons. The fourth-order valence-electron chi connectivity index (χ4n) is 9.34. The van der Waals surface area contributed by atoms with Crippen molar-refractivity contribution >= 4 is 64.4 Å². The molecule has 11 atom stereocenters. The minimum Gasteiger partial charge on any atom is -0.461 e. The quantitative estimate of drug-likeness (QED) is 0.00931. The molecule has 0 amide bonds. The highest BCUT2D eigenvalue weighted by molar-refractivity contribution is 9.18. The number of benzene rings is 5. The maximum absolute atomic E-state index is 11.0. The first kappa shape index (κ1) is 94.6. The zero-order chi connectivity index (χ0) is 75.1. The van der Waals surface area contributed by atoms with Crippen molar-refractivity contribution < 1.29 is 90.9 Å². The summed E-state index contributed by atoms with van der Waals surface area (Å²) >= 11 is 9.73. The van der Waals surface area contributed by atoms with Gasteiger partial charge in [0.25, 0.3) is 11.9 Å². The van der Waals surface area contributed by atoms with E-state index in [1.165, 1.54) is 58.8 Å². The van der Waals surface area contributed by atoms with Crippen molar-refractivity contribution in [1.29, 1.82) is 0 Å². The van der Waals surface area contributed by atoms with Crippen LogP contribution in [0.5, 0.6) is 0 Å². The molecule has 2 fully saturated rings. The summed E-state index contributed by atoms with van der Waals surface area (Å²) in [6.45, 7) is 24.2. The number of ether oxygens (including phenoxy) is 14. The Kier molecular flexibility index (Phi) is 55.1. The minimum atomic E-state index is -0.912. The number of esters is 2. The smallest absolute Gasteiger partial charge is 0.302 e. The van der Waals surface area contributed by atoms with Crippen LogP contribution in [-0.2, 0) is 114 Å². The first-order valence-corrected chi connectivity index (χ1v) is 37.6. The molecule has 0 aliphatic carbocycles. The molecule has 7 rings (SSSR count). The summed E-state index contributed by atoms with van der Waals surface area (Å²) in [5.41, 5.74) is 5.86. The second-order valence-electron chi connectivity index (χ2n) is 23.7. The number of methoxy groups -OCH3 is 4. The molecule has 19 nitrogen and oxygen atoms in total. The van der Waals surface area contributed by atoms with Crippen molar-refractivity contribution in [3.63, 3.8) is 0 Å². The fourth-order valence-corrected chi connectivity index (χ4v) is 10.4. The first-order valence-electron chi connectivity index (χ1n) is 34.9. The third kappa shape index (κ3) is 47.6. The Bertz CT molecular complexity index is 2750. The standard InChI is InChI=1S/C16H24O4.2C15H21BrO3.C13H20O3.C13H18O2.C5H12O3.C2H3BrO/c1-4-14-15(20-16(2,17-3)19-14)10-11-18-12-13-8-6-5-7-9-13;1-3-15(19-12(2)17)14(16)9-10-18-11-13-7-5-4-6-8-13;1-3-14(16)15(19-12(2)17)9-10-18-11-13-7-5-4-6-8-13;1-2-12(14)13(15)8-9-16-10-11-6-4-3-5-7-11;1-2-12-13(15-12)8-9-14-10-11-6-4-3-5-7-11;1-5(6-2,7-3)8-4;1-2(3)4/h5-9,14-15H,4,10-12H2,1-3H3;2*4-8,14-15H,3,9-11H2,1-2H3;3-7,12-15H,2,8-10H2,1H3;3-7,12-13H,2,8-10H2,1H3;1-4H3;1H3/t14-,15+,16?;14-,15-;14-,15?;12-,13?;12-,13+;;/m11011../s1. The van der Waals surface area contributed by atoms with Crippen LogP contribution >= 0.6 is 47.8 Å². The molecule has 0 spiro atoms. The van der Waals surface area contributed by atoms with Crippen LogP contribution in [0.3, 0.4) is 0 Å². The molecule has 0 aromatic heterocycles. The predicted octanol–water partition coefficient (Wildman–Crippen LogP) is 16.5. The van der Waals surface area contributed by atoms with Gasteiger partial charge in [0.05, 0.1) is 85.9 Å². The van der Waals surface area contributed by atoms with E-state index >= 15 is 0 Å². The Morgan fingerprint density at radius 1 is 0.455 bits per heavy atom. The number of alkyl halides is 2. The van der Waals surface area contributed by atoms with Crippen LogP contribution in [0.2, 0.25) is 0 Å². The Hall–Kier alpha value is -4.41. The first-order chi connectivity index (χ1) is 48.5. The van der Waals surface area contributed by atoms with E-state index in [0.717, 1.165) is 62.7 Å². The minimum absolute atomic E-state index is 0.0208. The molecule has 2 saturated heterocycles. The maximum Gasteiger partial charge on any atom is 0.302 e. The third-order valence-corrected chi connectivity index (χ3v) is 17.8. The van der Waals surface area contributed by atoms with Crippen LogP contribution in [-0.4, -0.2) is 159 Å². The van der Waals surface area contributed by atoms with Crippen molar-refractivity contribution in [2.45, 2.75) is 237 Å². The van der Waals surface area contributed by atoms with Crippen LogP contribution in [0, 0.1) is 0 Å². The van der Waals surface area contributed by atoms with Gasteiger partial charge in [-0.2, -0.15) is 0 Å². The summed E-state index contributed by atoms with van der Waals surface area (Å²) in [5, 5.41) is 18.8. The van der Waals surface area contributed by atoms with Gasteiger partial charge in [0.1, 0.15) is 12.2 Å². The molecule has 101 heavy (non-hydrogen) atoms. The van der Waals surface area contributed by atoms with E-state index in [1.54, 1.807) is 21.0 Å². The molecular weight excluding hydrogens is 1490 g/mol. The summed E-state index contributed by atoms with van der Waals surface area (Å²) in [5.74, 6) is -2.27. The summed E-state index contributed by atoms with van der Waals surface area (Å²) in [4.78, 5) is 31.7. The average Bonchev–Trinajstić information content (AvgIpc) is 1.67. The van der Waals surface area contributed by atoms with Crippen molar-refractivity contribution in [2.75, 3.05) is 61.5 Å². The molecule has 2 N–H and O–H groups in total. The van der Waals surface area contributed by atoms with E-state index in [-0.39, 0.29) is 50.7 Å². The summed E-state index contributed by atoms with van der Waals surface area (Å²) in [6, 6.07) is 50.4. The second kappa shape index (κ2) is 58.8. The number of carbonyl (C=O) groups is 3. The average molecular weight is 1610 g/mol. The van der Waals surface area contributed by atoms with Crippen LogP contribution in [0.4, 0.5) is 0 Å². The molecular formula is C79H119Br3O19. The highest BCUT2D eigenvalue weighted by Gasteiger charge is 2.44. The summed E-state index contributed by atoms with van der Waals surface area (Å²) in [6.07, 6.45) is 7.69. The van der Waals surface area contributed by atoms with E-state index in [4.69, 9.17) is 66.3 Å². The van der Waals surface area contributed by atoms with Crippen LogP contribution < -0.4 is 0 Å². The number of halogens is 3. The molecule has 0 bridgehead atoms. The molecule has 2 heterocycles. The van der Waals surface area contributed by atoms with E-state index in [9.17, 15) is 24.6 Å². The van der Waals surface area contributed by atoms with Gasteiger partial charge in [-0.05, 0) is 102 Å². The van der Waals surface area contributed by atoms with E-state index in [0.29, 0.717) is 90.9 Å². The number of aliphatic hydroxyl groups excluding tert-OH is 2. The normalized spacial score (nSPS) is 18.2. The molecule has 0 saturated carbocycles. The Morgan fingerprint density at radius 3 is 1.10 bits per heavy atom. The number of hydrogen-bond donors (Lipinski definition) is 2.